The SMILES string of the molecule is C#CCOc1cc(C(=O)O)cc(O/C(C)=C\C)c1OCC#C. The van der Waals surface area contributed by atoms with Crippen molar-refractivity contribution in [2.75, 3.05) is 13.2 Å². The van der Waals surface area contributed by atoms with Gasteiger partial charge in [0, 0.05) is 0 Å². The summed E-state index contributed by atoms with van der Waals surface area (Å²) in [6.45, 7) is 3.44. The van der Waals surface area contributed by atoms with E-state index in [0.29, 0.717) is 5.76 Å². The summed E-state index contributed by atoms with van der Waals surface area (Å²) >= 11 is 0. The van der Waals surface area contributed by atoms with Gasteiger partial charge in [-0.3, -0.25) is 0 Å². The number of hydrogen-bond donors (Lipinski definition) is 1. The fourth-order valence-corrected chi connectivity index (χ4v) is 1.49. The molecule has 0 saturated carbocycles. The van der Waals surface area contributed by atoms with Crippen molar-refractivity contribution in [3.63, 3.8) is 0 Å². The zero-order valence-electron chi connectivity index (χ0n) is 12.4. The molecule has 0 radical (unpaired) electrons. The minimum Gasteiger partial charge on any atom is -0.478 e. The Balaban J connectivity index is 3.39. The number of allylic oxidation sites excluding steroid dienone is 2. The van der Waals surface area contributed by atoms with Gasteiger partial charge < -0.3 is 19.3 Å². The molecule has 22 heavy (non-hydrogen) atoms. The number of ether oxygens (including phenoxy) is 3. The second kappa shape index (κ2) is 8.28. The number of carboxylic acid groups (broad SMARTS) is 1. The van der Waals surface area contributed by atoms with Gasteiger partial charge in [-0.05, 0) is 32.1 Å². The number of carboxylic acids is 1. The second-order valence-corrected chi connectivity index (χ2v) is 4.09. The highest BCUT2D eigenvalue weighted by molar-refractivity contribution is 5.89. The van der Waals surface area contributed by atoms with Crippen LogP contribution in [0.5, 0.6) is 17.2 Å². The Morgan fingerprint density at radius 1 is 1.23 bits per heavy atom. The Morgan fingerprint density at radius 3 is 2.36 bits per heavy atom. The molecule has 1 N–H and O–H groups in total. The molecular weight excluding hydrogens is 284 g/mol. The number of aromatic carboxylic acids is 1. The number of terminal acetylenes is 2. The Morgan fingerprint density at radius 2 is 1.82 bits per heavy atom. The van der Waals surface area contributed by atoms with Gasteiger partial charge in [0.05, 0.1) is 11.3 Å². The maximum absolute atomic E-state index is 11.2. The van der Waals surface area contributed by atoms with E-state index in [4.69, 9.17) is 27.1 Å². The predicted molar refractivity (Wildman–Crippen MR) is 82.1 cm³/mol. The highest BCUT2D eigenvalue weighted by atomic mass is 16.5. The molecule has 5 heteroatoms. The molecule has 1 rings (SSSR count). The molecule has 0 aliphatic carbocycles. The Labute approximate surface area is 129 Å². The van der Waals surface area contributed by atoms with Gasteiger partial charge in [-0.25, -0.2) is 4.79 Å². The number of carbonyl (C=O) groups is 1. The lowest BCUT2D eigenvalue weighted by molar-refractivity contribution is 0.0696. The third-order valence-corrected chi connectivity index (χ3v) is 2.56. The van der Waals surface area contributed by atoms with E-state index in [2.05, 4.69) is 11.8 Å². The topological polar surface area (TPSA) is 65.0 Å². The maximum Gasteiger partial charge on any atom is 0.335 e. The van der Waals surface area contributed by atoms with Crippen LogP contribution in [0.2, 0.25) is 0 Å². The third-order valence-electron chi connectivity index (χ3n) is 2.56. The molecule has 1 aromatic carbocycles. The Kier molecular flexibility index (Phi) is 6.40. The highest BCUT2D eigenvalue weighted by Crippen LogP contribution is 2.39. The van der Waals surface area contributed by atoms with Gasteiger partial charge in [-0.1, -0.05) is 11.8 Å². The number of benzene rings is 1. The molecule has 0 aliphatic rings. The second-order valence-electron chi connectivity index (χ2n) is 4.09. The van der Waals surface area contributed by atoms with E-state index >= 15 is 0 Å². The van der Waals surface area contributed by atoms with Crippen LogP contribution in [-0.2, 0) is 0 Å². The molecule has 0 aliphatic heterocycles. The van der Waals surface area contributed by atoms with Crippen LogP contribution in [0.15, 0.2) is 24.0 Å². The molecule has 0 fully saturated rings. The monoisotopic (exact) mass is 300 g/mol. The number of rotatable bonds is 7. The first kappa shape index (κ1) is 17.0. The fraction of sp³-hybridized carbons (Fsp3) is 0.235. The molecule has 0 heterocycles. The van der Waals surface area contributed by atoms with Crippen molar-refractivity contribution in [3.8, 4) is 41.9 Å². The van der Waals surface area contributed by atoms with Crippen LogP contribution < -0.4 is 14.2 Å². The summed E-state index contributed by atoms with van der Waals surface area (Å²) in [5, 5.41) is 9.18. The molecule has 1 aromatic rings. The maximum atomic E-state index is 11.2. The predicted octanol–water partition coefficient (Wildman–Crippen LogP) is 2.71. The molecule has 0 aromatic heterocycles. The van der Waals surface area contributed by atoms with Gasteiger partial charge in [0.2, 0.25) is 5.75 Å². The van der Waals surface area contributed by atoms with Crippen LogP contribution >= 0.6 is 0 Å². The molecular formula is C17H16O5. The van der Waals surface area contributed by atoms with Crippen molar-refractivity contribution < 1.29 is 24.1 Å². The molecule has 0 saturated heterocycles. The molecule has 114 valence electrons. The van der Waals surface area contributed by atoms with Crippen LogP contribution in [0.1, 0.15) is 24.2 Å². The van der Waals surface area contributed by atoms with Gasteiger partial charge in [0.15, 0.2) is 11.5 Å². The van der Waals surface area contributed by atoms with Crippen molar-refractivity contribution >= 4 is 5.97 Å². The van der Waals surface area contributed by atoms with E-state index in [9.17, 15) is 9.90 Å². The zero-order chi connectivity index (χ0) is 16.5. The largest absolute Gasteiger partial charge is 0.478 e. The lowest BCUT2D eigenvalue weighted by atomic mass is 10.2. The van der Waals surface area contributed by atoms with Gasteiger partial charge >= 0.3 is 5.97 Å². The van der Waals surface area contributed by atoms with E-state index in [1.165, 1.54) is 12.1 Å². The van der Waals surface area contributed by atoms with E-state index < -0.39 is 5.97 Å². The van der Waals surface area contributed by atoms with Crippen LogP contribution in [-0.4, -0.2) is 24.3 Å². The lowest BCUT2D eigenvalue weighted by Crippen LogP contribution is -2.06. The summed E-state index contributed by atoms with van der Waals surface area (Å²) in [6, 6.07) is 2.65. The quantitative estimate of drug-likeness (QED) is 0.619. The molecule has 0 bridgehead atoms. The van der Waals surface area contributed by atoms with E-state index in [1.807, 2.05) is 0 Å². The van der Waals surface area contributed by atoms with E-state index in [-0.39, 0.29) is 36.0 Å². The van der Waals surface area contributed by atoms with Crippen LogP contribution in [0.4, 0.5) is 0 Å². The Bertz CT molecular complexity index is 659. The summed E-state index contributed by atoms with van der Waals surface area (Å²) in [6.07, 6.45) is 12.1. The van der Waals surface area contributed by atoms with Crippen molar-refractivity contribution in [1.29, 1.82) is 0 Å². The van der Waals surface area contributed by atoms with Crippen LogP contribution in [0.25, 0.3) is 0 Å². The summed E-state index contributed by atoms with van der Waals surface area (Å²) in [7, 11) is 0. The average molecular weight is 300 g/mol. The zero-order valence-corrected chi connectivity index (χ0v) is 12.4. The number of hydrogen-bond acceptors (Lipinski definition) is 4. The first-order chi connectivity index (χ1) is 10.5. The van der Waals surface area contributed by atoms with Crippen molar-refractivity contribution in [2.45, 2.75) is 13.8 Å². The fourth-order valence-electron chi connectivity index (χ4n) is 1.49. The standard InChI is InChI=1S/C17H16O5/c1-5-8-20-14-10-13(17(18)19)11-15(22-12(4)7-3)16(14)21-9-6-2/h1-2,7,10-11H,8-9H2,3-4H3,(H,18,19)/b12-7-. The lowest BCUT2D eigenvalue weighted by Gasteiger charge is -2.16. The van der Waals surface area contributed by atoms with Crippen molar-refractivity contribution in [2.24, 2.45) is 0 Å². The van der Waals surface area contributed by atoms with Crippen LogP contribution in [0, 0.1) is 24.7 Å². The summed E-state index contributed by atoms with van der Waals surface area (Å²) in [5.74, 6) is 4.63. The van der Waals surface area contributed by atoms with E-state index in [0.717, 1.165) is 0 Å². The first-order valence-corrected chi connectivity index (χ1v) is 6.38. The van der Waals surface area contributed by atoms with Gasteiger partial charge in [0.1, 0.15) is 13.2 Å². The van der Waals surface area contributed by atoms with Gasteiger partial charge in [-0.15, -0.1) is 12.8 Å². The summed E-state index contributed by atoms with van der Waals surface area (Å²) < 4.78 is 16.3. The molecule has 0 unspecified atom stereocenters. The minimum atomic E-state index is -1.13. The smallest absolute Gasteiger partial charge is 0.335 e. The van der Waals surface area contributed by atoms with Crippen molar-refractivity contribution in [3.05, 3.63) is 29.5 Å². The van der Waals surface area contributed by atoms with E-state index in [1.54, 1.807) is 19.9 Å². The summed E-state index contributed by atoms with van der Waals surface area (Å²) in [5.41, 5.74) is -0.0148. The molecule has 0 spiro atoms. The Hall–Kier alpha value is -3.05. The van der Waals surface area contributed by atoms with Gasteiger partial charge in [0.25, 0.3) is 0 Å². The molecule has 0 amide bonds. The highest BCUT2D eigenvalue weighted by Gasteiger charge is 2.18. The summed E-state index contributed by atoms with van der Waals surface area (Å²) in [4.78, 5) is 11.2. The van der Waals surface area contributed by atoms with Crippen LogP contribution in [0.3, 0.4) is 0 Å². The molecule has 0 atom stereocenters. The van der Waals surface area contributed by atoms with Gasteiger partial charge in [-0.2, -0.15) is 0 Å². The van der Waals surface area contributed by atoms with Crippen molar-refractivity contribution in [1.82, 2.24) is 0 Å². The first-order valence-electron chi connectivity index (χ1n) is 6.38. The molecule has 5 nitrogen and oxygen atoms in total. The minimum absolute atomic E-state index is 0.0148. The third kappa shape index (κ3) is 4.50. The average Bonchev–Trinajstić information content (AvgIpc) is 2.51. The normalized spacial score (nSPS) is 10.3.